The van der Waals surface area contributed by atoms with Gasteiger partial charge in [0.25, 0.3) is 0 Å². The molecule has 0 atom stereocenters. The third kappa shape index (κ3) is 7.21. The van der Waals surface area contributed by atoms with Gasteiger partial charge in [-0.25, -0.2) is 0 Å². The van der Waals surface area contributed by atoms with Gasteiger partial charge < -0.3 is 0 Å². The molecule has 1 aliphatic rings. The van der Waals surface area contributed by atoms with Crippen molar-refractivity contribution in [3.8, 4) is 0 Å². The molecular weight excluding hydrogens is 196 g/mol. The molecule has 0 saturated heterocycles. The quantitative estimate of drug-likeness (QED) is 0.585. The van der Waals surface area contributed by atoms with Gasteiger partial charge in [0.05, 0.1) is 0 Å². The minimum atomic E-state index is 1.64. The molecule has 0 bridgehead atoms. The first-order valence-electron chi connectivity index (χ1n) is 5.03. The summed E-state index contributed by atoms with van der Waals surface area (Å²) < 4.78 is 0. The predicted octanol–water partition coefficient (Wildman–Crippen LogP) is 3.39. The zero-order valence-corrected chi connectivity index (χ0v) is 8.98. The van der Waals surface area contributed by atoms with Crippen LogP contribution in [0.1, 0.15) is 0 Å². The molecule has 0 aromatic carbocycles. The van der Waals surface area contributed by atoms with Crippen molar-refractivity contribution < 1.29 is 0 Å². The van der Waals surface area contributed by atoms with Gasteiger partial charge in [-0.05, 0) is 12.2 Å². The van der Waals surface area contributed by atoms with E-state index in [1.165, 1.54) is 0 Å². The Morgan fingerprint density at radius 2 is 0.688 bits per heavy atom. The number of allylic oxidation sites excluding steroid dienone is 10. The van der Waals surface area contributed by atoms with Crippen LogP contribution < -0.4 is 0 Å². The van der Waals surface area contributed by atoms with Crippen molar-refractivity contribution in [1.82, 2.24) is 0 Å². The van der Waals surface area contributed by atoms with Crippen molar-refractivity contribution in [2.45, 2.75) is 0 Å². The first kappa shape index (κ1) is 11.9. The Morgan fingerprint density at radius 3 is 1.06 bits per heavy atom. The highest BCUT2D eigenvalue weighted by molar-refractivity contribution is 6.16. The maximum atomic E-state index is 4.00. The van der Waals surface area contributed by atoms with Crippen molar-refractivity contribution in [2.75, 3.05) is 0 Å². The lowest BCUT2D eigenvalue weighted by atomic mass is 10.3. The highest BCUT2D eigenvalue weighted by atomic mass is 14.7. The second-order valence-corrected chi connectivity index (χ2v) is 2.82. The topological polar surface area (TPSA) is 24.7 Å². The first-order chi connectivity index (χ1) is 8.00. The molecule has 2 heteroatoms. The summed E-state index contributed by atoms with van der Waals surface area (Å²) in [6, 6.07) is 0. The molecule has 0 unspecified atom stereocenters. The minimum Gasteiger partial charge on any atom is -0.263 e. The summed E-state index contributed by atoms with van der Waals surface area (Å²) in [5, 5.41) is 0. The number of nitrogens with zero attached hydrogens (tertiary/aromatic N) is 2. The Kier molecular flexibility index (Phi) is 6.92. The van der Waals surface area contributed by atoms with Crippen molar-refractivity contribution >= 4 is 12.4 Å². The fourth-order valence-electron chi connectivity index (χ4n) is 0.888. The average Bonchev–Trinajstić information content (AvgIpc) is 2.29. The van der Waals surface area contributed by atoms with Crippen LogP contribution >= 0.6 is 0 Å². The third-order valence-electron chi connectivity index (χ3n) is 1.58. The van der Waals surface area contributed by atoms with E-state index in [1.807, 2.05) is 60.8 Å². The normalized spacial score (nSPS) is 16.0. The Bertz CT molecular complexity index is 250. The molecule has 16 heavy (non-hydrogen) atoms. The van der Waals surface area contributed by atoms with Crippen LogP contribution in [0.25, 0.3) is 0 Å². The molecule has 0 aromatic heterocycles. The van der Waals surface area contributed by atoms with E-state index in [2.05, 4.69) is 9.98 Å². The van der Waals surface area contributed by atoms with Gasteiger partial charge in [0, 0.05) is 24.8 Å². The van der Waals surface area contributed by atoms with Gasteiger partial charge in [0.15, 0.2) is 0 Å². The van der Waals surface area contributed by atoms with Gasteiger partial charge in [0.1, 0.15) is 0 Å². The first-order valence-corrected chi connectivity index (χ1v) is 5.03. The lowest BCUT2D eigenvalue weighted by molar-refractivity contribution is 1.58. The molecule has 80 valence electrons. The van der Waals surface area contributed by atoms with Crippen molar-refractivity contribution in [2.24, 2.45) is 9.98 Å². The van der Waals surface area contributed by atoms with E-state index in [0.717, 1.165) is 0 Å². The standard InChI is InChI=1S/C14H14N2/c1-2-4-6-8-10-12-16-14-13-15-11-9-7-5-3-1/h1-14H. The van der Waals surface area contributed by atoms with Gasteiger partial charge in [0.2, 0.25) is 0 Å². The number of hydrogen-bond acceptors (Lipinski definition) is 2. The van der Waals surface area contributed by atoms with E-state index in [9.17, 15) is 0 Å². The van der Waals surface area contributed by atoms with E-state index in [-0.39, 0.29) is 0 Å². The molecule has 0 N–H and O–H groups in total. The molecule has 0 spiro atoms. The van der Waals surface area contributed by atoms with Crippen LogP contribution in [0, 0.1) is 0 Å². The number of aliphatic imine (C=N–C) groups is 2. The van der Waals surface area contributed by atoms with E-state index < -0.39 is 0 Å². The molecule has 0 saturated carbocycles. The molecule has 0 fully saturated rings. The number of hydrogen-bond donors (Lipinski definition) is 0. The highest BCUT2D eigenvalue weighted by Gasteiger charge is 1.66. The lowest BCUT2D eigenvalue weighted by Crippen LogP contribution is -1.70. The Labute approximate surface area is 96.1 Å². The molecule has 0 radical (unpaired) electrons. The Hall–Kier alpha value is -2.22. The smallest absolute Gasteiger partial charge is 0.0450 e. The minimum absolute atomic E-state index is 1.64. The van der Waals surface area contributed by atoms with Gasteiger partial charge in [-0.15, -0.1) is 0 Å². The molecule has 0 aliphatic carbocycles. The summed E-state index contributed by atoms with van der Waals surface area (Å²) in [6.07, 6.45) is 26.0. The molecule has 0 aromatic rings. The third-order valence-corrected chi connectivity index (χ3v) is 1.58. The molecule has 2 nitrogen and oxygen atoms in total. The summed E-state index contributed by atoms with van der Waals surface area (Å²) >= 11 is 0. The fraction of sp³-hybridized carbons (Fsp3) is 0. The van der Waals surface area contributed by atoms with Crippen LogP contribution in [0.15, 0.2) is 83.1 Å². The monoisotopic (exact) mass is 210 g/mol. The van der Waals surface area contributed by atoms with Crippen LogP contribution in [-0.2, 0) is 0 Å². The summed E-state index contributed by atoms with van der Waals surface area (Å²) in [5.74, 6) is 0. The van der Waals surface area contributed by atoms with Gasteiger partial charge in [-0.3, -0.25) is 9.98 Å². The van der Waals surface area contributed by atoms with Gasteiger partial charge >= 0.3 is 0 Å². The van der Waals surface area contributed by atoms with Crippen LogP contribution in [0.4, 0.5) is 0 Å². The summed E-state index contributed by atoms with van der Waals surface area (Å²) in [6.45, 7) is 0. The lowest BCUT2D eigenvalue weighted by Gasteiger charge is -1.77. The van der Waals surface area contributed by atoms with Gasteiger partial charge in [-0.2, -0.15) is 0 Å². The molecule has 1 rings (SSSR count). The Balaban J connectivity index is 2.67. The van der Waals surface area contributed by atoms with Crippen LogP contribution in [0.5, 0.6) is 0 Å². The highest BCUT2D eigenvalue weighted by Crippen LogP contribution is 1.85. The second-order valence-electron chi connectivity index (χ2n) is 2.82. The average molecular weight is 210 g/mol. The fourth-order valence-corrected chi connectivity index (χ4v) is 0.888. The van der Waals surface area contributed by atoms with Crippen molar-refractivity contribution in [3.63, 3.8) is 0 Å². The van der Waals surface area contributed by atoms with Gasteiger partial charge in [-0.1, -0.05) is 48.6 Å². The van der Waals surface area contributed by atoms with E-state index >= 15 is 0 Å². The van der Waals surface area contributed by atoms with Crippen LogP contribution in [0.3, 0.4) is 0 Å². The molecule has 1 aliphatic heterocycles. The maximum absolute atomic E-state index is 4.00. The zero-order valence-electron chi connectivity index (χ0n) is 8.98. The zero-order chi connectivity index (χ0) is 11.3. The van der Waals surface area contributed by atoms with Crippen LogP contribution in [-0.4, -0.2) is 12.4 Å². The predicted molar refractivity (Wildman–Crippen MR) is 71.8 cm³/mol. The molecule has 1 heterocycles. The summed E-state index contributed by atoms with van der Waals surface area (Å²) in [5.41, 5.74) is 0. The van der Waals surface area contributed by atoms with E-state index in [1.54, 1.807) is 24.8 Å². The second kappa shape index (κ2) is 9.34. The summed E-state index contributed by atoms with van der Waals surface area (Å²) in [4.78, 5) is 8.01. The van der Waals surface area contributed by atoms with E-state index in [0.29, 0.717) is 0 Å². The van der Waals surface area contributed by atoms with Crippen LogP contribution in [0.2, 0.25) is 0 Å². The largest absolute Gasteiger partial charge is 0.263 e. The SMILES string of the molecule is C1=CC=CC=CN=CC=NC=CC=CC=C1. The van der Waals surface area contributed by atoms with E-state index in [4.69, 9.17) is 0 Å². The molecular formula is C14H14N2. The number of rotatable bonds is 0. The van der Waals surface area contributed by atoms with Crippen molar-refractivity contribution in [1.29, 1.82) is 0 Å². The summed E-state index contributed by atoms with van der Waals surface area (Å²) in [7, 11) is 0. The Morgan fingerprint density at radius 1 is 0.375 bits per heavy atom. The van der Waals surface area contributed by atoms with Crippen molar-refractivity contribution in [3.05, 3.63) is 73.2 Å². The maximum Gasteiger partial charge on any atom is 0.0450 e. The molecule has 0 amide bonds.